The van der Waals surface area contributed by atoms with Crippen molar-refractivity contribution in [1.82, 2.24) is 4.90 Å². The van der Waals surface area contributed by atoms with Gasteiger partial charge in [-0.3, -0.25) is 24.1 Å². The van der Waals surface area contributed by atoms with Gasteiger partial charge in [-0.05, 0) is 55.1 Å². The molecule has 0 saturated carbocycles. The molecule has 0 fully saturated rings. The maximum Gasteiger partial charge on any atom is 0.261 e. The lowest BCUT2D eigenvalue weighted by Gasteiger charge is -2.31. The number of carbonyl (C=O) groups excluding carboxylic acids is 4. The quantitative estimate of drug-likeness (QED) is 0.168. The molecular formula is C36H28N2O4. The van der Waals surface area contributed by atoms with Gasteiger partial charge in [0.05, 0.1) is 0 Å². The fourth-order valence-corrected chi connectivity index (χ4v) is 5.60. The highest BCUT2D eigenvalue weighted by Crippen LogP contribution is 2.30. The van der Waals surface area contributed by atoms with E-state index in [2.05, 4.69) is 0 Å². The topological polar surface area (TPSA) is 74.8 Å². The van der Waals surface area contributed by atoms with Crippen molar-refractivity contribution < 1.29 is 19.2 Å². The highest BCUT2D eigenvalue weighted by atomic mass is 16.2. The lowest BCUT2D eigenvalue weighted by atomic mass is 9.94. The molecule has 1 aliphatic heterocycles. The van der Waals surface area contributed by atoms with E-state index in [4.69, 9.17) is 0 Å². The Hall–Kier alpha value is -5.36. The number of anilines is 1. The molecule has 0 bridgehead atoms. The molecule has 0 atom stereocenters. The van der Waals surface area contributed by atoms with Gasteiger partial charge in [0.15, 0.2) is 5.78 Å². The minimum absolute atomic E-state index is 0.0199. The number of nitrogens with zero attached hydrogens (tertiary/aromatic N) is 2. The summed E-state index contributed by atoms with van der Waals surface area (Å²) in [5.74, 6) is -1.17. The van der Waals surface area contributed by atoms with Crippen molar-refractivity contribution >= 4 is 40.0 Å². The third kappa shape index (κ3) is 4.77. The van der Waals surface area contributed by atoms with Gasteiger partial charge in [-0.25, -0.2) is 0 Å². The Balaban J connectivity index is 1.30. The van der Waals surface area contributed by atoms with Crippen LogP contribution in [0.3, 0.4) is 0 Å². The van der Waals surface area contributed by atoms with Crippen molar-refractivity contribution in [2.45, 2.75) is 13.8 Å². The second-order valence-electron chi connectivity index (χ2n) is 10.5. The fourth-order valence-electron chi connectivity index (χ4n) is 5.60. The number of benzene rings is 5. The Labute approximate surface area is 243 Å². The van der Waals surface area contributed by atoms with Crippen molar-refractivity contribution in [2.24, 2.45) is 0 Å². The van der Waals surface area contributed by atoms with Crippen LogP contribution in [-0.4, -0.2) is 41.5 Å². The number of aryl methyl sites for hydroxylation is 2. The van der Waals surface area contributed by atoms with Crippen LogP contribution < -0.4 is 4.90 Å². The number of carbonyl (C=O) groups is 4. The summed E-state index contributed by atoms with van der Waals surface area (Å²) in [5, 5.41) is 1.51. The lowest BCUT2D eigenvalue weighted by molar-refractivity contribution is 0.0611. The van der Waals surface area contributed by atoms with E-state index < -0.39 is 0 Å². The molecular weight excluding hydrogens is 524 g/mol. The molecule has 0 aromatic heterocycles. The Morgan fingerprint density at radius 1 is 0.667 bits per heavy atom. The van der Waals surface area contributed by atoms with E-state index in [0.717, 1.165) is 16.5 Å². The summed E-state index contributed by atoms with van der Waals surface area (Å²) in [5.41, 5.74) is 5.04. The van der Waals surface area contributed by atoms with Gasteiger partial charge < -0.3 is 4.90 Å². The van der Waals surface area contributed by atoms with Crippen LogP contribution in [-0.2, 0) is 0 Å². The van der Waals surface area contributed by atoms with E-state index in [1.54, 1.807) is 53.4 Å². The maximum atomic E-state index is 14.0. The molecule has 6 nitrogen and oxygen atoms in total. The van der Waals surface area contributed by atoms with E-state index in [0.29, 0.717) is 38.9 Å². The summed E-state index contributed by atoms with van der Waals surface area (Å²) in [6.07, 6.45) is 0. The first kappa shape index (κ1) is 26.8. The fraction of sp³-hybridized carbons (Fsp3) is 0.111. The van der Waals surface area contributed by atoms with Crippen molar-refractivity contribution in [1.29, 1.82) is 0 Å². The van der Waals surface area contributed by atoms with Crippen LogP contribution in [0.2, 0.25) is 0 Å². The molecule has 206 valence electrons. The number of ketones is 1. The molecule has 0 unspecified atom stereocenters. The van der Waals surface area contributed by atoms with Crippen LogP contribution >= 0.6 is 0 Å². The third-order valence-corrected chi connectivity index (χ3v) is 7.72. The summed E-state index contributed by atoms with van der Waals surface area (Å²) in [6, 6.07) is 32.2. The van der Waals surface area contributed by atoms with Gasteiger partial charge >= 0.3 is 0 Å². The Morgan fingerprint density at radius 3 is 1.88 bits per heavy atom. The second kappa shape index (κ2) is 10.9. The zero-order chi connectivity index (χ0) is 29.4. The normalized spacial score (nSPS) is 12.5. The average Bonchev–Trinajstić information content (AvgIpc) is 3.02. The van der Waals surface area contributed by atoms with E-state index in [1.165, 1.54) is 4.90 Å². The molecule has 6 heteroatoms. The standard InChI is InChI=1S/C36H28N2O4/c1-23-14-19-31(24(2)22-23)37(34(40)28-17-15-27(16-18-28)33(39)26-8-4-3-5-9-26)20-21-38-35(41)29-12-6-10-25-11-7-13-30(32(25)29)36(38)42/h3-19,22H,20-21H2,1-2H3. The molecule has 3 amide bonds. The smallest absolute Gasteiger partial charge is 0.261 e. The van der Waals surface area contributed by atoms with Gasteiger partial charge in [0.1, 0.15) is 0 Å². The van der Waals surface area contributed by atoms with E-state index in [1.807, 2.05) is 74.5 Å². The molecule has 5 aromatic carbocycles. The number of rotatable bonds is 7. The van der Waals surface area contributed by atoms with Crippen molar-refractivity contribution in [3.63, 3.8) is 0 Å². The molecule has 1 aliphatic rings. The molecule has 0 N–H and O–H groups in total. The van der Waals surface area contributed by atoms with E-state index in [-0.39, 0.29) is 36.6 Å². The van der Waals surface area contributed by atoms with E-state index >= 15 is 0 Å². The van der Waals surface area contributed by atoms with Crippen LogP contribution in [0.5, 0.6) is 0 Å². The predicted molar refractivity (Wildman–Crippen MR) is 163 cm³/mol. The molecule has 0 radical (unpaired) electrons. The average molecular weight is 553 g/mol. The summed E-state index contributed by atoms with van der Waals surface area (Å²) in [7, 11) is 0. The van der Waals surface area contributed by atoms with Crippen molar-refractivity contribution in [3.8, 4) is 0 Å². The maximum absolute atomic E-state index is 14.0. The number of hydrogen-bond donors (Lipinski definition) is 0. The number of amides is 3. The van der Waals surface area contributed by atoms with Crippen LogP contribution in [0.1, 0.15) is 58.1 Å². The lowest BCUT2D eigenvalue weighted by Crippen LogP contribution is -2.46. The van der Waals surface area contributed by atoms with Gasteiger partial charge in [0, 0.05) is 52.0 Å². The van der Waals surface area contributed by atoms with Gasteiger partial charge in [0.25, 0.3) is 17.7 Å². The number of imide groups is 1. The highest BCUT2D eigenvalue weighted by Gasteiger charge is 2.33. The van der Waals surface area contributed by atoms with Crippen LogP contribution in [0.15, 0.2) is 109 Å². The minimum Gasteiger partial charge on any atom is -0.306 e. The summed E-state index contributed by atoms with van der Waals surface area (Å²) in [6.45, 7) is 4.03. The van der Waals surface area contributed by atoms with Crippen LogP contribution in [0.25, 0.3) is 10.8 Å². The SMILES string of the molecule is Cc1ccc(N(CCN2C(=O)c3cccc4cccc(c34)C2=O)C(=O)c2ccc(C(=O)c3ccccc3)cc2)c(C)c1. The van der Waals surface area contributed by atoms with Crippen LogP contribution in [0.4, 0.5) is 5.69 Å². The Morgan fingerprint density at radius 2 is 1.26 bits per heavy atom. The monoisotopic (exact) mass is 552 g/mol. The Kier molecular flexibility index (Phi) is 6.97. The van der Waals surface area contributed by atoms with Crippen LogP contribution in [0, 0.1) is 13.8 Å². The predicted octanol–water partition coefficient (Wildman–Crippen LogP) is 6.63. The zero-order valence-electron chi connectivity index (χ0n) is 23.3. The molecule has 5 aromatic rings. The van der Waals surface area contributed by atoms with E-state index in [9.17, 15) is 19.2 Å². The Bertz CT molecular complexity index is 1830. The first-order valence-corrected chi connectivity index (χ1v) is 13.8. The largest absolute Gasteiger partial charge is 0.306 e. The summed E-state index contributed by atoms with van der Waals surface area (Å²) in [4.78, 5) is 56.7. The second-order valence-corrected chi connectivity index (χ2v) is 10.5. The first-order valence-electron chi connectivity index (χ1n) is 13.8. The molecule has 0 spiro atoms. The molecule has 0 saturated heterocycles. The van der Waals surface area contributed by atoms with Gasteiger partial charge in [-0.2, -0.15) is 0 Å². The summed E-state index contributed by atoms with van der Waals surface area (Å²) >= 11 is 0. The molecule has 1 heterocycles. The highest BCUT2D eigenvalue weighted by molar-refractivity contribution is 6.25. The van der Waals surface area contributed by atoms with Crippen molar-refractivity contribution in [2.75, 3.05) is 18.0 Å². The first-order chi connectivity index (χ1) is 20.3. The van der Waals surface area contributed by atoms with Gasteiger partial charge in [0.2, 0.25) is 0 Å². The number of hydrogen-bond acceptors (Lipinski definition) is 4. The zero-order valence-corrected chi connectivity index (χ0v) is 23.3. The minimum atomic E-state index is -0.374. The van der Waals surface area contributed by atoms with Crippen molar-refractivity contribution in [3.05, 3.63) is 148 Å². The van der Waals surface area contributed by atoms with Gasteiger partial charge in [-0.15, -0.1) is 0 Å². The van der Waals surface area contributed by atoms with Gasteiger partial charge in [-0.1, -0.05) is 84.4 Å². The third-order valence-electron chi connectivity index (χ3n) is 7.72. The molecule has 0 aliphatic carbocycles. The molecule has 6 rings (SSSR count). The molecule has 42 heavy (non-hydrogen) atoms. The summed E-state index contributed by atoms with van der Waals surface area (Å²) < 4.78 is 0.